The summed E-state index contributed by atoms with van der Waals surface area (Å²) in [5.74, 6) is 0.156. The maximum absolute atomic E-state index is 11.7. The summed E-state index contributed by atoms with van der Waals surface area (Å²) in [5.41, 5.74) is 4.68. The van der Waals surface area contributed by atoms with E-state index in [2.05, 4.69) is 0 Å². The standard InChI is InChI=1S/C11H22N2O2/c1-11(15)6-4-8-13(9-11)10(14)5-2-3-7-12/h15H,2-9,12H2,1H3. The van der Waals surface area contributed by atoms with Gasteiger partial charge in [-0.2, -0.15) is 0 Å². The van der Waals surface area contributed by atoms with E-state index < -0.39 is 5.60 Å². The largest absolute Gasteiger partial charge is 0.388 e. The maximum atomic E-state index is 11.7. The van der Waals surface area contributed by atoms with Gasteiger partial charge in [-0.25, -0.2) is 0 Å². The highest BCUT2D eigenvalue weighted by atomic mass is 16.3. The molecule has 4 heteroatoms. The van der Waals surface area contributed by atoms with Crippen LogP contribution in [0.15, 0.2) is 0 Å². The van der Waals surface area contributed by atoms with Gasteiger partial charge in [0.25, 0.3) is 0 Å². The second-order valence-electron chi connectivity index (χ2n) is 4.66. The molecule has 1 unspecified atom stereocenters. The van der Waals surface area contributed by atoms with Gasteiger partial charge in [-0.15, -0.1) is 0 Å². The summed E-state index contributed by atoms with van der Waals surface area (Å²) in [4.78, 5) is 13.5. The first kappa shape index (κ1) is 12.5. The molecule has 1 amide bonds. The lowest BCUT2D eigenvalue weighted by Crippen LogP contribution is -2.48. The Balaban J connectivity index is 2.32. The number of carbonyl (C=O) groups is 1. The molecular weight excluding hydrogens is 192 g/mol. The molecule has 88 valence electrons. The van der Waals surface area contributed by atoms with Crippen LogP contribution in [0.1, 0.15) is 39.0 Å². The number of nitrogens with zero attached hydrogens (tertiary/aromatic N) is 1. The number of hydrogen-bond acceptors (Lipinski definition) is 3. The summed E-state index contributed by atoms with van der Waals surface area (Å²) in [7, 11) is 0. The number of rotatable bonds is 4. The van der Waals surface area contributed by atoms with Crippen molar-refractivity contribution >= 4 is 5.91 Å². The number of likely N-dealkylation sites (tertiary alicyclic amines) is 1. The number of piperidine rings is 1. The van der Waals surface area contributed by atoms with E-state index in [9.17, 15) is 9.90 Å². The molecule has 4 nitrogen and oxygen atoms in total. The van der Waals surface area contributed by atoms with Crippen LogP contribution in [0.4, 0.5) is 0 Å². The number of amides is 1. The summed E-state index contributed by atoms with van der Waals surface area (Å²) < 4.78 is 0. The second-order valence-corrected chi connectivity index (χ2v) is 4.66. The molecule has 0 aliphatic carbocycles. The number of unbranched alkanes of at least 4 members (excludes halogenated alkanes) is 1. The van der Waals surface area contributed by atoms with E-state index >= 15 is 0 Å². The predicted octanol–water partition coefficient (Wildman–Crippen LogP) is 0.489. The number of aliphatic hydroxyl groups is 1. The van der Waals surface area contributed by atoms with Crippen LogP contribution in [-0.4, -0.2) is 41.1 Å². The number of hydrogen-bond donors (Lipinski definition) is 2. The minimum atomic E-state index is -0.693. The highest BCUT2D eigenvalue weighted by Gasteiger charge is 2.30. The van der Waals surface area contributed by atoms with Crippen molar-refractivity contribution in [2.24, 2.45) is 5.73 Å². The fraction of sp³-hybridized carbons (Fsp3) is 0.909. The van der Waals surface area contributed by atoms with Crippen molar-refractivity contribution in [3.05, 3.63) is 0 Å². The summed E-state index contributed by atoms with van der Waals surface area (Å²) >= 11 is 0. The van der Waals surface area contributed by atoms with Gasteiger partial charge in [0.1, 0.15) is 0 Å². The smallest absolute Gasteiger partial charge is 0.222 e. The number of β-amino-alcohol motifs (C(OH)–C–C–N with tert-alkyl or cyclic N) is 1. The van der Waals surface area contributed by atoms with E-state index in [1.54, 1.807) is 11.8 Å². The molecule has 0 aromatic heterocycles. The number of nitrogens with two attached hydrogens (primary N) is 1. The van der Waals surface area contributed by atoms with Crippen LogP contribution in [0.2, 0.25) is 0 Å². The Labute approximate surface area is 91.4 Å². The highest BCUT2D eigenvalue weighted by molar-refractivity contribution is 5.76. The first-order valence-corrected chi connectivity index (χ1v) is 5.75. The first-order valence-electron chi connectivity index (χ1n) is 5.75. The molecule has 1 atom stereocenters. The molecule has 15 heavy (non-hydrogen) atoms. The highest BCUT2D eigenvalue weighted by Crippen LogP contribution is 2.20. The third kappa shape index (κ3) is 4.18. The van der Waals surface area contributed by atoms with Gasteiger partial charge in [-0.1, -0.05) is 0 Å². The fourth-order valence-electron chi connectivity index (χ4n) is 2.01. The zero-order valence-electron chi connectivity index (χ0n) is 9.54. The van der Waals surface area contributed by atoms with Crippen molar-refractivity contribution < 1.29 is 9.90 Å². The Morgan fingerprint density at radius 2 is 2.27 bits per heavy atom. The van der Waals surface area contributed by atoms with Crippen LogP contribution >= 0.6 is 0 Å². The van der Waals surface area contributed by atoms with Crippen LogP contribution in [-0.2, 0) is 4.79 Å². The second kappa shape index (κ2) is 5.47. The van der Waals surface area contributed by atoms with E-state index in [1.807, 2.05) is 0 Å². The van der Waals surface area contributed by atoms with E-state index in [-0.39, 0.29) is 5.91 Å². The topological polar surface area (TPSA) is 66.6 Å². The molecule has 1 aliphatic rings. The Kier molecular flexibility index (Phi) is 4.54. The molecule has 1 rings (SSSR count). The van der Waals surface area contributed by atoms with Crippen molar-refractivity contribution in [2.45, 2.75) is 44.6 Å². The SMILES string of the molecule is CC1(O)CCCN(C(=O)CCCCN)C1. The Bertz CT molecular complexity index is 217. The van der Waals surface area contributed by atoms with Crippen molar-refractivity contribution in [2.75, 3.05) is 19.6 Å². The minimum absolute atomic E-state index is 0.156. The molecule has 0 saturated carbocycles. The molecule has 0 bridgehead atoms. The van der Waals surface area contributed by atoms with Gasteiger partial charge in [-0.3, -0.25) is 4.79 Å². The van der Waals surface area contributed by atoms with E-state index in [1.165, 1.54) is 0 Å². The van der Waals surface area contributed by atoms with Crippen molar-refractivity contribution in [3.8, 4) is 0 Å². The third-order valence-corrected chi connectivity index (χ3v) is 2.87. The maximum Gasteiger partial charge on any atom is 0.222 e. The molecule has 0 aromatic carbocycles. The molecule has 0 spiro atoms. The minimum Gasteiger partial charge on any atom is -0.388 e. The van der Waals surface area contributed by atoms with E-state index in [4.69, 9.17) is 5.73 Å². The molecule has 3 N–H and O–H groups in total. The predicted molar refractivity (Wildman–Crippen MR) is 59.3 cm³/mol. The summed E-state index contributed by atoms with van der Waals surface area (Å²) in [5, 5.41) is 9.85. The van der Waals surface area contributed by atoms with Crippen molar-refractivity contribution in [1.82, 2.24) is 4.90 Å². The molecule has 1 heterocycles. The normalized spacial score (nSPS) is 26.7. The zero-order chi connectivity index (χ0) is 11.3. The van der Waals surface area contributed by atoms with Gasteiger partial charge in [0, 0.05) is 19.5 Å². The Morgan fingerprint density at radius 3 is 2.87 bits per heavy atom. The van der Waals surface area contributed by atoms with Crippen LogP contribution < -0.4 is 5.73 Å². The van der Waals surface area contributed by atoms with Crippen molar-refractivity contribution in [3.63, 3.8) is 0 Å². The Morgan fingerprint density at radius 1 is 1.53 bits per heavy atom. The zero-order valence-corrected chi connectivity index (χ0v) is 9.54. The average Bonchev–Trinajstić information content (AvgIpc) is 2.16. The third-order valence-electron chi connectivity index (χ3n) is 2.87. The molecule has 1 aliphatic heterocycles. The van der Waals surface area contributed by atoms with Crippen LogP contribution in [0.25, 0.3) is 0 Å². The first-order chi connectivity index (χ1) is 7.05. The monoisotopic (exact) mass is 214 g/mol. The van der Waals surface area contributed by atoms with E-state index in [0.29, 0.717) is 19.5 Å². The van der Waals surface area contributed by atoms with Crippen molar-refractivity contribution in [1.29, 1.82) is 0 Å². The molecule has 1 fully saturated rings. The van der Waals surface area contributed by atoms with Gasteiger partial charge in [-0.05, 0) is 39.2 Å². The molecule has 0 radical (unpaired) electrons. The van der Waals surface area contributed by atoms with Gasteiger partial charge < -0.3 is 15.7 Å². The quantitative estimate of drug-likeness (QED) is 0.669. The number of carbonyl (C=O) groups excluding carboxylic acids is 1. The summed E-state index contributed by atoms with van der Waals surface area (Å²) in [6.45, 7) is 3.71. The molecule has 0 aromatic rings. The lowest BCUT2D eigenvalue weighted by Gasteiger charge is -2.36. The summed E-state index contributed by atoms with van der Waals surface area (Å²) in [6.07, 6.45) is 4.01. The van der Waals surface area contributed by atoms with Crippen LogP contribution in [0.3, 0.4) is 0 Å². The summed E-state index contributed by atoms with van der Waals surface area (Å²) in [6, 6.07) is 0. The van der Waals surface area contributed by atoms with E-state index in [0.717, 1.165) is 32.2 Å². The van der Waals surface area contributed by atoms with Gasteiger partial charge in [0.15, 0.2) is 0 Å². The molecular formula is C11H22N2O2. The molecule has 1 saturated heterocycles. The Hall–Kier alpha value is -0.610. The van der Waals surface area contributed by atoms with Gasteiger partial charge in [0.05, 0.1) is 5.60 Å². The fourth-order valence-corrected chi connectivity index (χ4v) is 2.01. The van der Waals surface area contributed by atoms with Crippen LogP contribution in [0.5, 0.6) is 0 Å². The lowest BCUT2D eigenvalue weighted by molar-refractivity contribution is -0.137. The van der Waals surface area contributed by atoms with Crippen LogP contribution in [0, 0.1) is 0 Å². The van der Waals surface area contributed by atoms with Gasteiger partial charge >= 0.3 is 0 Å². The van der Waals surface area contributed by atoms with Gasteiger partial charge in [0.2, 0.25) is 5.91 Å². The average molecular weight is 214 g/mol. The lowest BCUT2D eigenvalue weighted by atomic mass is 9.95.